The lowest BCUT2D eigenvalue weighted by atomic mass is 9.94. The molecular formula is C33H33N3O3. The lowest BCUT2D eigenvalue weighted by Crippen LogP contribution is -2.36. The second-order valence-corrected chi connectivity index (χ2v) is 11.0. The molecule has 2 heterocycles. The lowest BCUT2D eigenvalue weighted by Gasteiger charge is -2.24. The van der Waals surface area contributed by atoms with Gasteiger partial charge in [0.25, 0.3) is 11.5 Å². The number of carbonyl (C=O) groups excluding carboxylic acids is 1. The Bertz CT molecular complexity index is 1600. The number of rotatable bonds is 5. The van der Waals surface area contributed by atoms with Crippen LogP contribution >= 0.6 is 0 Å². The number of aryl methyl sites for hydroxylation is 3. The van der Waals surface area contributed by atoms with Gasteiger partial charge in [-0.2, -0.15) is 0 Å². The maximum absolute atomic E-state index is 13.5. The van der Waals surface area contributed by atoms with Crippen molar-refractivity contribution in [3.63, 3.8) is 0 Å². The van der Waals surface area contributed by atoms with Gasteiger partial charge in [-0.1, -0.05) is 66.7 Å². The van der Waals surface area contributed by atoms with Gasteiger partial charge in [0.05, 0.1) is 23.2 Å². The molecule has 0 spiro atoms. The summed E-state index contributed by atoms with van der Waals surface area (Å²) < 4.78 is 0. The molecule has 1 aliphatic heterocycles. The summed E-state index contributed by atoms with van der Waals surface area (Å²) in [4.78, 5) is 36.4. The summed E-state index contributed by atoms with van der Waals surface area (Å²) in [5.41, 5.74) is 6.97. The Kier molecular flexibility index (Phi) is 6.43. The monoisotopic (exact) mass is 519 g/mol. The van der Waals surface area contributed by atoms with Gasteiger partial charge in [-0.15, -0.1) is 0 Å². The van der Waals surface area contributed by atoms with Crippen LogP contribution in [0.5, 0.6) is 0 Å². The highest BCUT2D eigenvalue weighted by atomic mass is 16.3. The van der Waals surface area contributed by atoms with Crippen molar-refractivity contribution < 1.29 is 9.90 Å². The lowest BCUT2D eigenvalue weighted by molar-refractivity contribution is -0.141. The van der Waals surface area contributed by atoms with Gasteiger partial charge in [0.1, 0.15) is 5.82 Å². The molecule has 4 aromatic rings. The number of hydrogen-bond acceptors (Lipinski definition) is 4. The first kappa shape index (κ1) is 25.3. The van der Waals surface area contributed by atoms with Crippen LogP contribution in [-0.4, -0.2) is 32.4 Å². The van der Waals surface area contributed by atoms with Crippen molar-refractivity contribution in [3.8, 4) is 11.1 Å². The summed E-state index contributed by atoms with van der Waals surface area (Å²) >= 11 is 0. The molecule has 6 nitrogen and oxygen atoms in total. The number of aliphatic hydroxyl groups excluding tert-OH is 1. The van der Waals surface area contributed by atoms with Crippen LogP contribution in [0.2, 0.25) is 0 Å². The fourth-order valence-electron chi connectivity index (χ4n) is 5.71. The summed E-state index contributed by atoms with van der Waals surface area (Å²) in [7, 11) is 0. The first-order chi connectivity index (χ1) is 18.9. The van der Waals surface area contributed by atoms with Gasteiger partial charge in [-0.25, -0.2) is 4.98 Å². The van der Waals surface area contributed by atoms with Crippen LogP contribution in [0.1, 0.15) is 64.7 Å². The topological polar surface area (TPSA) is 86.3 Å². The standard InChI is InChI=1S/C33H33N3O3/c1-21-13-14-24(18-22(21)2)23-8-6-9-25(19-23)29(37)31(39)36-17-7-12-28-27(20-36)30(38)35-32(34-28)33(15-16-33)26-10-4-3-5-11-26/h3-6,8-11,13-14,18-19,29,37H,7,12,15-17,20H2,1-2H3,(H,34,35,38)/t29-/m1/s1. The van der Waals surface area contributed by atoms with Crippen LogP contribution in [0.4, 0.5) is 0 Å². The SMILES string of the molecule is Cc1ccc(-c2cccc([C@@H](O)C(=O)N3CCCc4nc(C5(c6ccccc6)CC5)[nH]c(=O)c4C3)c2)cc1C. The molecule has 6 rings (SSSR count). The van der Waals surface area contributed by atoms with Crippen LogP contribution in [0.25, 0.3) is 11.1 Å². The van der Waals surface area contributed by atoms with E-state index in [0.717, 1.165) is 35.5 Å². The number of aromatic nitrogens is 2. The normalized spacial score (nSPS) is 16.7. The molecule has 0 saturated heterocycles. The molecule has 0 bridgehead atoms. The Labute approximate surface area is 228 Å². The number of H-pyrrole nitrogens is 1. The molecule has 1 saturated carbocycles. The molecule has 0 unspecified atom stereocenters. The molecule has 0 radical (unpaired) electrons. The van der Waals surface area contributed by atoms with Crippen LogP contribution in [0, 0.1) is 13.8 Å². The van der Waals surface area contributed by atoms with Crippen molar-refractivity contribution in [1.82, 2.24) is 14.9 Å². The number of nitrogens with zero attached hydrogens (tertiary/aromatic N) is 2. The molecule has 1 fully saturated rings. The fraction of sp³-hybridized carbons (Fsp3) is 0.303. The summed E-state index contributed by atoms with van der Waals surface area (Å²) in [5.74, 6) is 0.326. The second-order valence-electron chi connectivity index (χ2n) is 11.0. The summed E-state index contributed by atoms with van der Waals surface area (Å²) in [5, 5.41) is 11.1. The van der Waals surface area contributed by atoms with Crippen LogP contribution < -0.4 is 5.56 Å². The molecule has 6 heteroatoms. The molecule has 2 aliphatic rings. The zero-order chi connectivity index (χ0) is 27.1. The smallest absolute Gasteiger partial charge is 0.256 e. The van der Waals surface area contributed by atoms with Crippen LogP contribution in [0.3, 0.4) is 0 Å². The van der Waals surface area contributed by atoms with E-state index in [0.29, 0.717) is 30.5 Å². The van der Waals surface area contributed by atoms with E-state index < -0.39 is 12.0 Å². The number of fused-ring (bicyclic) bond motifs is 1. The van der Waals surface area contributed by atoms with Crippen molar-refractivity contribution in [1.29, 1.82) is 0 Å². The van der Waals surface area contributed by atoms with Gasteiger partial charge in [0.2, 0.25) is 0 Å². The first-order valence-corrected chi connectivity index (χ1v) is 13.7. The predicted molar refractivity (Wildman–Crippen MR) is 151 cm³/mol. The Hall–Kier alpha value is -4.03. The van der Waals surface area contributed by atoms with Gasteiger partial charge < -0.3 is 15.0 Å². The fourth-order valence-corrected chi connectivity index (χ4v) is 5.71. The molecule has 1 amide bonds. The molecular weight excluding hydrogens is 486 g/mol. The second kappa shape index (κ2) is 9.93. The average molecular weight is 520 g/mol. The Balaban J connectivity index is 1.25. The number of aliphatic hydroxyl groups is 1. The molecule has 198 valence electrons. The number of hydrogen-bond donors (Lipinski definition) is 2. The van der Waals surface area contributed by atoms with Crippen molar-refractivity contribution in [2.75, 3.05) is 6.54 Å². The predicted octanol–water partition coefficient (Wildman–Crippen LogP) is 5.14. The van der Waals surface area contributed by atoms with Crippen molar-refractivity contribution in [2.45, 2.75) is 57.6 Å². The molecule has 1 aromatic heterocycles. The molecule has 3 aromatic carbocycles. The van der Waals surface area contributed by atoms with E-state index in [1.54, 1.807) is 11.0 Å². The van der Waals surface area contributed by atoms with E-state index in [9.17, 15) is 14.7 Å². The summed E-state index contributed by atoms with van der Waals surface area (Å²) in [6.45, 7) is 4.75. The van der Waals surface area contributed by atoms with Crippen molar-refractivity contribution in [3.05, 3.63) is 122 Å². The van der Waals surface area contributed by atoms with E-state index in [2.05, 4.69) is 49.2 Å². The number of benzene rings is 3. The third-order valence-electron chi connectivity index (χ3n) is 8.41. The maximum atomic E-state index is 13.5. The molecule has 39 heavy (non-hydrogen) atoms. The number of amides is 1. The molecule has 2 N–H and O–H groups in total. The third kappa shape index (κ3) is 4.70. The number of carbonyl (C=O) groups is 1. The van der Waals surface area contributed by atoms with Gasteiger partial charge >= 0.3 is 0 Å². The van der Waals surface area contributed by atoms with Gasteiger partial charge in [-0.05, 0) is 79.0 Å². The van der Waals surface area contributed by atoms with Gasteiger partial charge in [0, 0.05) is 6.54 Å². The summed E-state index contributed by atoms with van der Waals surface area (Å²) in [6, 6.07) is 24.0. The van der Waals surface area contributed by atoms with Crippen molar-refractivity contribution >= 4 is 5.91 Å². The Morgan fingerprint density at radius 3 is 2.49 bits per heavy atom. The summed E-state index contributed by atoms with van der Waals surface area (Å²) in [6.07, 6.45) is 1.91. The average Bonchev–Trinajstić information content (AvgIpc) is 3.79. The molecule has 1 aliphatic carbocycles. The highest BCUT2D eigenvalue weighted by molar-refractivity contribution is 5.83. The highest BCUT2D eigenvalue weighted by Crippen LogP contribution is 2.51. The first-order valence-electron chi connectivity index (χ1n) is 13.7. The van der Waals surface area contributed by atoms with E-state index >= 15 is 0 Å². The Morgan fingerprint density at radius 1 is 0.974 bits per heavy atom. The van der Waals surface area contributed by atoms with Crippen LogP contribution in [0.15, 0.2) is 77.6 Å². The minimum Gasteiger partial charge on any atom is -0.378 e. The zero-order valence-corrected chi connectivity index (χ0v) is 22.4. The van der Waals surface area contributed by atoms with E-state index in [1.165, 1.54) is 16.7 Å². The zero-order valence-electron chi connectivity index (χ0n) is 22.4. The third-order valence-corrected chi connectivity index (χ3v) is 8.41. The highest BCUT2D eigenvalue weighted by Gasteiger charge is 2.48. The van der Waals surface area contributed by atoms with Crippen molar-refractivity contribution in [2.24, 2.45) is 0 Å². The number of aromatic amines is 1. The van der Waals surface area contributed by atoms with E-state index in [-0.39, 0.29) is 17.5 Å². The largest absolute Gasteiger partial charge is 0.378 e. The van der Waals surface area contributed by atoms with Gasteiger partial charge in [0.15, 0.2) is 6.10 Å². The minimum absolute atomic E-state index is 0.142. The quantitative estimate of drug-likeness (QED) is 0.382. The Morgan fingerprint density at radius 2 is 1.74 bits per heavy atom. The maximum Gasteiger partial charge on any atom is 0.256 e. The molecule has 1 atom stereocenters. The van der Waals surface area contributed by atoms with E-state index in [4.69, 9.17) is 4.98 Å². The van der Waals surface area contributed by atoms with Crippen LogP contribution in [-0.2, 0) is 23.2 Å². The van der Waals surface area contributed by atoms with E-state index in [1.807, 2.05) is 36.4 Å². The minimum atomic E-state index is -1.31. The number of nitrogens with one attached hydrogen (secondary N) is 1. The van der Waals surface area contributed by atoms with Gasteiger partial charge in [-0.3, -0.25) is 9.59 Å².